The number of hydrogen-bond donors (Lipinski definition) is 3. The zero-order valence-corrected chi connectivity index (χ0v) is 17.9. The van der Waals surface area contributed by atoms with Crippen LogP contribution in [0.5, 0.6) is 0 Å². The van der Waals surface area contributed by atoms with Gasteiger partial charge in [0.1, 0.15) is 6.23 Å². The van der Waals surface area contributed by atoms with E-state index in [1.165, 1.54) is 21.5 Å². The number of fused-ring (bicyclic) bond motifs is 1. The van der Waals surface area contributed by atoms with Gasteiger partial charge in [-0.05, 0) is 36.1 Å². The molecule has 0 unspecified atom stereocenters. The van der Waals surface area contributed by atoms with Crippen LogP contribution in [0.3, 0.4) is 0 Å². The number of aryl methyl sites for hydroxylation is 1. The van der Waals surface area contributed by atoms with E-state index in [0.717, 1.165) is 12.0 Å². The van der Waals surface area contributed by atoms with Gasteiger partial charge in [-0.15, -0.1) is 0 Å². The Balaban J connectivity index is 1.25. The van der Waals surface area contributed by atoms with Gasteiger partial charge < -0.3 is 15.2 Å². The number of amides is 1. The van der Waals surface area contributed by atoms with Gasteiger partial charge in [-0.2, -0.15) is 0 Å². The van der Waals surface area contributed by atoms with E-state index in [4.69, 9.17) is 4.74 Å². The molecule has 0 bridgehead atoms. The molecule has 8 heteroatoms. The second-order valence-corrected chi connectivity index (χ2v) is 8.23. The predicted octanol–water partition coefficient (Wildman–Crippen LogP) is 1.79. The molecule has 32 heavy (non-hydrogen) atoms. The van der Waals surface area contributed by atoms with Gasteiger partial charge >= 0.3 is 5.69 Å². The quantitative estimate of drug-likeness (QED) is 0.522. The van der Waals surface area contributed by atoms with Crippen molar-refractivity contribution in [3.63, 3.8) is 0 Å². The molecule has 4 rings (SSSR count). The van der Waals surface area contributed by atoms with Crippen LogP contribution < -0.4 is 16.6 Å². The first-order chi connectivity index (χ1) is 15.4. The van der Waals surface area contributed by atoms with Gasteiger partial charge in [-0.3, -0.25) is 19.1 Å². The van der Waals surface area contributed by atoms with Gasteiger partial charge in [0.25, 0.3) is 5.56 Å². The summed E-state index contributed by atoms with van der Waals surface area (Å²) >= 11 is 0. The largest absolute Gasteiger partial charge is 0.390 e. The van der Waals surface area contributed by atoms with Crippen molar-refractivity contribution in [3.8, 4) is 0 Å². The molecule has 2 heterocycles. The van der Waals surface area contributed by atoms with Crippen molar-refractivity contribution in [2.24, 2.45) is 0 Å². The van der Waals surface area contributed by atoms with Crippen molar-refractivity contribution >= 4 is 16.7 Å². The summed E-state index contributed by atoms with van der Waals surface area (Å²) in [6.45, 7) is 2.12. The second kappa shape index (κ2) is 9.50. The number of hydrogen-bond acceptors (Lipinski definition) is 5. The Morgan fingerprint density at radius 1 is 1.22 bits per heavy atom. The van der Waals surface area contributed by atoms with Crippen LogP contribution in [-0.2, 0) is 16.0 Å². The maximum atomic E-state index is 12.3. The zero-order chi connectivity index (χ0) is 22.7. The molecule has 8 nitrogen and oxygen atoms in total. The predicted molar refractivity (Wildman–Crippen MR) is 120 cm³/mol. The number of aliphatic hydroxyl groups is 1. The van der Waals surface area contributed by atoms with E-state index in [-0.39, 0.29) is 18.7 Å². The maximum absolute atomic E-state index is 12.3. The number of aliphatic hydroxyl groups excluding tert-OH is 1. The van der Waals surface area contributed by atoms with Crippen molar-refractivity contribution in [3.05, 3.63) is 80.6 Å². The molecule has 1 aliphatic rings. The lowest BCUT2D eigenvalue weighted by Gasteiger charge is -2.16. The minimum Gasteiger partial charge on any atom is -0.390 e. The molecule has 2 aromatic carbocycles. The van der Waals surface area contributed by atoms with E-state index < -0.39 is 29.7 Å². The Morgan fingerprint density at radius 2 is 2.00 bits per heavy atom. The van der Waals surface area contributed by atoms with Crippen LogP contribution in [0.4, 0.5) is 0 Å². The van der Waals surface area contributed by atoms with E-state index in [2.05, 4.69) is 40.6 Å². The number of nitrogens with zero attached hydrogens (tertiary/aromatic N) is 1. The highest BCUT2D eigenvalue weighted by Crippen LogP contribution is 2.30. The third-order valence-corrected chi connectivity index (χ3v) is 5.87. The van der Waals surface area contributed by atoms with E-state index in [1.807, 2.05) is 12.1 Å². The number of aromatic nitrogens is 2. The average Bonchev–Trinajstić information content (AvgIpc) is 3.15. The molecular formula is C24H27N3O5. The fraction of sp³-hybridized carbons (Fsp3) is 0.375. The molecule has 1 saturated heterocycles. The van der Waals surface area contributed by atoms with Gasteiger partial charge in [-0.1, -0.05) is 42.5 Å². The molecule has 3 N–H and O–H groups in total. The van der Waals surface area contributed by atoms with Gasteiger partial charge in [-0.25, -0.2) is 4.79 Å². The van der Waals surface area contributed by atoms with Crippen LogP contribution in [0.25, 0.3) is 10.8 Å². The number of rotatable bonds is 7. The highest BCUT2D eigenvalue weighted by molar-refractivity contribution is 5.83. The Labute approximate surface area is 184 Å². The summed E-state index contributed by atoms with van der Waals surface area (Å²) in [5, 5.41) is 15.6. The van der Waals surface area contributed by atoms with Crippen LogP contribution >= 0.6 is 0 Å². The smallest absolute Gasteiger partial charge is 0.330 e. The van der Waals surface area contributed by atoms with E-state index in [9.17, 15) is 19.5 Å². The van der Waals surface area contributed by atoms with Crippen LogP contribution in [0.2, 0.25) is 0 Å². The topological polar surface area (TPSA) is 113 Å². The monoisotopic (exact) mass is 437 g/mol. The Morgan fingerprint density at radius 3 is 2.81 bits per heavy atom. The number of aromatic amines is 1. The number of benzene rings is 2. The van der Waals surface area contributed by atoms with Gasteiger partial charge in [0, 0.05) is 31.1 Å². The van der Waals surface area contributed by atoms with Gasteiger partial charge in [0.05, 0.1) is 12.2 Å². The normalized spacial score (nSPS) is 20.5. The van der Waals surface area contributed by atoms with Crippen molar-refractivity contribution in [1.29, 1.82) is 0 Å². The molecule has 1 fully saturated rings. The summed E-state index contributed by atoms with van der Waals surface area (Å²) in [4.78, 5) is 38.1. The summed E-state index contributed by atoms with van der Waals surface area (Å²) < 4.78 is 7.09. The summed E-state index contributed by atoms with van der Waals surface area (Å²) in [6, 6.07) is 14.4. The van der Waals surface area contributed by atoms with Gasteiger partial charge in [0.15, 0.2) is 0 Å². The SMILES string of the molecule is Cc1cn([C@H]2C[C@H](O)[C@@H](CCC(=O)NCCc3ccc4ccccc4c3)O2)c(=O)[nH]c1=O. The molecule has 0 saturated carbocycles. The highest BCUT2D eigenvalue weighted by Gasteiger charge is 2.35. The summed E-state index contributed by atoms with van der Waals surface area (Å²) in [7, 11) is 0. The number of ether oxygens (including phenoxy) is 1. The summed E-state index contributed by atoms with van der Waals surface area (Å²) in [5.74, 6) is -0.109. The third-order valence-electron chi connectivity index (χ3n) is 5.87. The molecule has 0 spiro atoms. The number of carbonyl (C=O) groups is 1. The fourth-order valence-electron chi connectivity index (χ4n) is 4.05. The zero-order valence-electron chi connectivity index (χ0n) is 17.9. The number of H-pyrrole nitrogens is 1. The van der Waals surface area contributed by atoms with Crippen molar-refractivity contribution in [1.82, 2.24) is 14.9 Å². The molecule has 3 aromatic rings. The van der Waals surface area contributed by atoms with Gasteiger partial charge in [0.2, 0.25) is 5.91 Å². The average molecular weight is 437 g/mol. The molecule has 0 aliphatic carbocycles. The molecule has 1 amide bonds. The Bertz CT molecular complexity index is 1230. The first-order valence-corrected chi connectivity index (χ1v) is 10.8. The Hall–Kier alpha value is -3.23. The minimum atomic E-state index is -0.787. The van der Waals surface area contributed by atoms with Crippen LogP contribution in [0.15, 0.2) is 58.3 Å². The van der Waals surface area contributed by atoms with Crippen molar-refractivity contribution in [2.45, 2.75) is 51.0 Å². The molecule has 3 atom stereocenters. The number of nitrogens with one attached hydrogen (secondary N) is 2. The van der Waals surface area contributed by atoms with Crippen LogP contribution in [0, 0.1) is 6.92 Å². The first-order valence-electron chi connectivity index (χ1n) is 10.8. The fourth-order valence-corrected chi connectivity index (χ4v) is 4.05. The Kier molecular flexibility index (Phi) is 6.53. The summed E-state index contributed by atoms with van der Waals surface area (Å²) in [5.41, 5.74) is 0.520. The second-order valence-electron chi connectivity index (χ2n) is 8.23. The standard InChI is InChI=1S/C24H27N3O5/c1-15-14-27(24(31)26-23(15)30)22-13-19(28)20(32-22)8-9-21(29)25-11-10-16-6-7-17-4-2-3-5-18(17)12-16/h2-7,12,14,19-20,22,28H,8-11,13H2,1H3,(H,25,29)(H,26,30,31)/t19-,20+,22+/m0/s1. The first kappa shape index (κ1) is 22.0. The molecule has 1 aromatic heterocycles. The molecule has 0 radical (unpaired) electrons. The third kappa shape index (κ3) is 4.98. The van der Waals surface area contributed by atoms with E-state index in [1.54, 1.807) is 6.92 Å². The van der Waals surface area contributed by atoms with E-state index >= 15 is 0 Å². The maximum Gasteiger partial charge on any atom is 0.330 e. The number of carbonyl (C=O) groups excluding carboxylic acids is 1. The summed E-state index contributed by atoms with van der Waals surface area (Å²) in [6.07, 6.45) is 0.932. The minimum absolute atomic E-state index is 0.109. The van der Waals surface area contributed by atoms with Crippen LogP contribution in [0.1, 0.15) is 36.6 Å². The van der Waals surface area contributed by atoms with Crippen molar-refractivity contribution in [2.75, 3.05) is 6.54 Å². The highest BCUT2D eigenvalue weighted by atomic mass is 16.5. The lowest BCUT2D eigenvalue weighted by Crippen LogP contribution is -2.33. The van der Waals surface area contributed by atoms with E-state index in [0.29, 0.717) is 18.5 Å². The molecule has 168 valence electrons. The molecular weight excluding hydrogens is 410 g/mol. The molecule has 1 aliphatic heterocycles. The lowest BCUT2D eigenvalue weighted by molar-refractivity contribution is -0.122. The van der Waals surface area contributed by atoms with Crippen LogP contribution in [-0.4, -0.2) is 39.3 Å². The lowest BCUT2D eigenvalue weighted by atomic mass is 10.1. The van der Waals surface area contributed by atoms with Crippen molar-refractivity contribution < 1.29 is 14.6 Å².